The first-order valence-electron chi connectivity index (χ1n) is 5.79. The molecule has 2 heteroatoms. The van der Waals surface area contributed by atoms with Crippen molar-refractivity contribution in [2.24, 2.45) is 5.73 Å². The van der Waals surface area contributed by atoms with E-state index in [-0.39, 0.29) is 0 Å². The highest BCUT2D eigenvalue weighted by Crippen LogP contribution is 2.18. The van der Waals surface area contributed by atoms with Crippen LogP contribution in [0.25, 0.3) is 11.3 Å². The van der Waals surface area contributed by atoms with Crippen molar-refractivity contribution in [3.63, 3.8) is 0 Å². The number of nitrogens with zero attached hydrogens (tertiary/aromatic N) is 1. The molecule has 86 valence electrons. The first-order chi connectivity index (χ1) is 8.33. The van der Waals surface area contributed by atoms with Crippen molar-refractivity contribution in [2.45, 2.75) is 19.4 Å². The molecule has 0 aliphatic heterocycles. The highest BCUT2D eigenvalue weighted by atomic mass is 14.7. The van der Waals surface area contributed by atoms with Gasteiger partial charge in [-0.25, -0.2) is 0 Å². The monoisotopic (exact) mass is 224 g/mol. The van der Waals surface area contributed by atoms with Gasteiger partial charge in [0.15, 0.2) is 0 Å². The Morgan fingerprint density at radius 2 is 1.94 bits per heavy atom. The van der Waals surface area contributed by atoms with Gasteiger partial charge in [-0.2, -0.15) is 0 Å². The molecule has 0 saturated heterocycles. The third kappa shape index (κ3) is 2.92. The van der Waals surface area contributed by atoms with Crippen LogP contribution in [0.5, 0.6) is 0 Å². The summed E-state index contributed by atoms with van der Waals surface area (Å²) in [6, 6.07) is 14.2. The molecule has 0 fully saturated rings. The van der Waals surface area contributed by atoms with Crippen LogP contribution >= 0.6 is 0 Å². The Hall–Kier alpha value is -1.67. The predicted molar refractivity (Wildman–Crippen MR) is 70.2 cm³/mol. The number of benzene rings is 1. The Morgan fingerprint density at radius 3 is 2.71 bits per heavy atom. The molecule has 17 heavy (non-hydrogen) atoms. The minimum absolute atomic E-state index is 0.552. The van der Waals surface area contributed by atoms with Crippen molar-refractivity contribution in [1.82, 2.24) is 4.98 Å². The van der Waals surface area contributed by atoms with Crippen molar-refractivity contribution in [1.29, 1.82) is 0 Å². The van der Waals surface area contributed by atoms with E-state index in [4.69, 9.17) is 12.7 Å². The van der Waals surface area contributed by atoms with E-state index in [2.05, 4.69) is 11.1 Å². The van der Waals surface area contributed by atoms with Crippen LogP contribution in [0.15, 0.2) is 42.5 Å². The van der Waals surface area contributed by atoms with Gasteiger partial charge in [-0.05, 0) is 43.5 Å². The molecule has 0 bridgehead atoms. The van der Waals surface area contributed by atoms with Gasteiger partial charge in [0.1, 0.15) is 0 Å². The number of aromatic nitrogens is 1. The number of rotatable bonds is 4. The molecule has 0 aliphatic carbocycles. The van der Waals surface area contributed by atoms with Gasteiger partial charge in [0.25, 0.3) is 0 Å². The van der Waals surface area contributed by atoms with Crippen LogP contribution < -0.4 is 5.73 Å². The zero-order valence-corrected chi connectivity index (χ0v) is 9.76. The van der Waals surface area contributed by atoms with E-state index >= 15 is 0 Å². The summed E-state index contributed by atoms with van der Waals surface area (Å²) < 4.78 is 0. The van der Waals surface area contributed by atoms with Crippen molar-refractivity contribution in [3.05, 3.63) is 60.6 Å². The first-order valence-corrected chi connectivity index (χ1v) is 5.79. The van der Waals surface area contributed by atoms with E-state index in [1.807, 2.05) is 36.4 Å². The third-order valence-corrected chi connectivity index (χ3v) is 2.67. The average Bonchev–Trinajstić information content (AvgIpc) is 2.40. The van der Waals surface area contributed by atoms with E-state index in [0.717, 1.165) is 28.9 Å². The highest BCUT2D eigenvalue weighted by Gasteiger charge is 2.01. The number of pyridine rings is 1. The lowest BCUT2D eigenvalue weighted by molar-refractivity contribution is 0.944. The molecule has 0 unspecified atom stereocenters. The van der Waals surface area contributed by atoms with Crippen LogP contribution in [0.3, 0.4) is 0 Å². The standard InChI is InChI=1S/C15H16N2/c1-2-5-14-8-4-9-15(17-14)13-7-3-6-12(10-13)11-16/h1,3-4,6-10H,2,5,11,16H2. The van der Waals surface area contributed by atoms with Crippen LogP contribution in [-0.2, 0) is 13.0 Å². The lowest BCUT2D eigenvalue weighted by Crippen LogP contribution is -1.97. The van der Waals surface area contributed by atoms with E-state index in [0.29, 0.717) is 13.0 Å². The van der Waals surface area contributed by atoms with Gasteiger partial charge in [0, 0.05) is 17.8 Å². The molecule has 0 atom stereocenters. The zero-order chi connectivity index (χ0) is 12.1. The van der Waals surface area contributed by atoms with Crippen LogP contribution in [0.2, 0.25) is 0 Å². The molecule has 2 aromatic rings. The van der Waals surface area contributed by atoms with Crippen LogP contribution in [0.1, 0.15) is 17.7 Å². The fraction of sp³-hybridized carbons (Fsp3) is 0.200. The Kier molecular flexibility index (Phi) is 3.89. The summed E-state index contributed by atoms with van der Waals surface area (Å²) in [5.41, 5.74) is 9.87. The summed E-state index contributed by atoms with van der Waals surface area (Å²) in [4.78, 5) is 4.59. The Bertz CT molecular complexity index is 492. The largest absolute Gasteiger partial charge is 0.326 e. The fourth-order valence-corrected chi connectivity index (χ4v) is 1.79. The molecule has 2 nitrogen and oxygen atoms in total. The maximum atomic E-state index is 5.64. The minimum Gasteiger partial charge on any atom is -0.326 e. The molecular formula is C15H16N2. The molecule has 0 aliphatic rings. The van der Waals surface area contributed by atoms with Gasteiger partial charge in [0.05, 0.1) is 5.69 Å². The number of hydrogen-bond donors (Lipinski definition) is 1. The number of aryl methyl sites for hydroxylation is 1. The molecule has 2 radical (unpaired) electrons. The highest BCUT2D eigenvalue weighted by molar-refractivity contribution is 5.60. The second kappa shape index (κ2) is 5.60. The molecular weight excluding hydrogens is 208 g/mol. The molecule has 0 spiro atoms. The minimum atomic E-state index is 0.552. The van der Waals surface area contributed by atoms with Crippen molar-refractivity contribution in [3.8, 4) is 11.3 Å². The van der Waals surface area contributed by atoms with Crippen molar-refractivity contribution in [2.75, 3.05) is 0 Å². The summed E-state index contributed by atoms with van der Waals surface area (Å²) in [7, 11) is 0. The summed E-state index contributed by atoms with van der Waals surface area (Å²) >= 11 is 0. The van der Waals surface area contributed by atoms with Gasteiger partial charge in [-0.1, -0.05) is 24.3 Å². The topological polar surface area (TPSA) is 38.9 Å². The van der Waals surface area contributed by atoms with E-state index in [1.54, 1.807) is 0 Å². The van der Waals surface area contributed by atoms with E-state index in [1.165, 1.54) is 0 Å². The lowest BCUT2D eigenvalue weighted by Gasteiger charge is -2.05. The molecule has 2 rings (SSSR count). The first kappa shape index (κ1) is 11.8. The fourth-order valence-electron chi connectivity index (χ4n) is 1.79. The van der Waals surface area contributed by atoms with Crippen molar-refractivity contribution < 1.29 is 0 Å². The summed E-state index contributed by atoms with van der Waals surface area (Å²) in [5.74, 6) is 0. The molecule has 0 amide bonds. The normalized spacial score (nSPS) is 10.5. The van der Waals surface area contributed by atoms with Crippen LogP contribution in [-0.4, -0.2) is 4.98 Å². The SMILES string of the molecule is [CH]CCc1cccc(-c2cccc(CN)c2)n1. The Balaban J connectivity index is 2.34. The van der Waals surface area contributed by atoms with Gasteiger partial charge in [0.2, 0.25) is 0 Å². The molecule has 1 aromatic carbocycles. The zero-order valence-electron chi connectivity index (χ0n) is 9.76. The van der Waals surface area contributed by atoms with E-state index in [9.17, 15) is 0 Å². The summed E-state index contributed by atoms with van der Waals surface area (Å²) in [6.45, 7) is 6.09. The number of hydrogen-bond acceptors (Lipinski definition) is 2. The van der Waals surface area contributed by atoms with E-state index < -0.39 is 0 Å². The molecule has 2 N–H and O–H groups in total. The van der Waals surface area contributed by atoms with Gasteiger partial charge >= 0.3 is 0 Å². The molecule has 0 saturated carbocycles. The van der Waals surface area contributed by atoms with Crippen LogP contribution in [0.4, 0.5) is 0 Å². The predicted octanol–water partition coefficient (Wildman–Crippen LogP) is 2.85. The maximum Gasteiger partial charge on any atom is 0.0705 e. The molecule has 1 aromatic heterocycles. The lowest BCUT2D eigenvalue weighted by atomic mass is 10.1. The average molecular weight is 224 g/mol. The van der Waals surface area contributed by atoms with Gasteiger partial charge in [-0.3, -0.25) is 4.98 Å². The summed E-state index contributed by atoms with van der Waals surface area (Å²) in [5, 5.41) is 0. The van der Waals surface area contributed by atoms with Gasteiger partial charge < -0.3 is 5.73 Å². The summed E-state index contributed by atoms with van der Waals surface area (Å²) in [6.07, 6.45) is 1.43. The Morgan fingerprint density at radius 1 is 1.12 bits per heavy atom. The van der Waals surface area contributed by atoms with Crippen LogP contribution in [0, 0.1) is 6.92 Å². The maximum absolute atomic E-state index is 5.64. The molecule has 1 heterocycles. The van der Waals surface area contributed by atoms with Gasteiger partial charge in [-0.15, -0.1) is 0 Å². The quantitative estimate of drug-likeness (QED) is 0.867. The Labute approximate surface area is 103 Å². The van der Waals surface area contributed by atoms with Crippen molar-refractivity contribution >= 4 is 0 Å². The second-order valence-electron chi connectivity index (χ2n) is 3.96. The smallest absolute Gasteiger partial charge is 0.0705 e. The second-order valence-corrected chi connectivity index (χ2v) is 3.96. The third-order valence-electron chi connectivity index (χ3n) is 2.67. The number of nitrogens with two attached hydrogens (primary N) is 1.